The van der Waals surface area contributed by atoms with E-state index in [1.165, 1.54) is 12.1 Å². The predicted molar refractivity (Wildman–Crippen MR) is 106 cm³/mol. The smallest absolute Gasteiger partial charge is 0.224 e. The maximum absolute atomic E-state index is 13.3. The van der Waals surface area contributed by atoms with E-state index in [-0.39, 0.29) is 29.8 Å². The van der Waals surface area contributed by atoms with Crippen LogP contribution in [0.25, 0.3) is 0 Å². The van der Waals surface area contributed by atoms with Crippen molar-refractivity contribution in [3.05, 3.63) is 65.7 Å². The topological polar surface area (TPSA) is 65.5 Å². The van der Waals surface area contributed by atoms with Gasteiger partial charge in [0.2, 0.25) is 5.91 Å². The largest absolute Gasteiger partial charge is 0.394 e. The number of aromatic nitrogens is 1. The molecule has 1 amide bonds. The van der Waals surface area contributed by atoms with Crippen molar-refractivity contribution in [3.8, 4) is 0 Å². The van der Waals surface area contributed by atoms with Gasteiger partial charge < -0.3 is 10.4 Å². The summed E-state index contributed by atoms with van der Waals surface area (Å²) in [6.45, 7) is 5.67. The van der Waals surface area contributed by atoms with E-state index in [0.717, 1.165) is 37.2 Å². The lowest BCUT2D eigenvalue weighted by atomic mass is 9.91. The number of piperidine rings is 1. The molecule has 0 radical (unpaired) electrons. The van der Waals surface area contributed by atoms with Crippen LogP contribution in [-0.2, 0) is 4.79 Å². The average Bonchev–Trinajstić information content (AvgIpc) is 2.73. The minimum absolute atomic E-state index is 0.0126. The van der Waals surface area contributed by atoms with E-state index in [2.05, 4.69) is 15.2 Å². The molecule has 6 heteroatoms. The number of carbonyl (C=O) groups excluding carboxylic acids is 1. The van der Waals surface area contributed by atoms with Gasteiger partial charge in [-0.3, -0.25) is 14.7 Å². The highest BCUT2D eigenvalue weighted by atomic mass is 19.1. The van der Waals surface area contributed by atoms with E-state index in [1.54, 1.807) is 18.3 Å². The van der Waals surface area contributed by atoms with Crippen molar-refractivity contribution >= 4 is 5.91 Å². The number of pyridine rings is 1. The van der Waals surface area contributed by atoms with E-state index in [4.69, 9.17) is 0 Å². The first kappa shape index (κ1) is 20.4. The maximum atomic E-state index is 13.3. The third kappa shape index (κ3) is 4.75. The number of halogens is 1. The van der Waals surface area contributed by atoms with Crippen LogP contribution in [0.2, 0.25) is 0 Å². The molecule has 3 rings (SSSR count). The van der Waals surface area contributed by atoms with Crippen molar-refractivity contribution in [1.29, 1.82) is 0 Å². The maximum Gasteiger partial charge on any atom is 0.224 e. The SMILES string of the molecule is CC(C)(CO)N1CCC(C(=O)NC(c2ccc(F)cc2)c2ccccn2)CC1. The number of hydrogen-bond acceptors (Lipinski definition) is 4. The number of carbonyl (C=O) groups is 1. The number of aliphatic hydroxyl groups excluding tert-OH is 1. The number of rotatable bonds is 6. The van der Waals surface area contributed by atoms with Crippen LogP contribution in [0.5, 0.6) is 0 Å². The van der Waals surface area contributed by atoms with Crippen molar-refractivity contribution < 1.29 is 14.3 Å². The van der Waals surface area contributed by atoms with Gasteiger partial charge in [0.25, 0.3) is 0 Å². The molecule has 0 aliphatic carbocycles. The van der Waals surface area contributed by atoms with Gasteiger partial charge in [-0.05, 0) is 69.6 Å². The fourth-order valence-corrected chi connectivity index (χ4v) is 3.64. The van der Waals surface area contributed by atoms with Crippen molar-refractivity contribution in [2.24, 2.45) is 5.92 Å². The number of nitrogens with one attached hydrogen (secondary N) is 1. The van der Waals surface area contributed by atoms with Gasteiger partial charge in [-0.1, -0.05) is 18.2 Å². The molecule has 1 atom stereocenters. The first-order chi connectivity index (χ1) is 13.4. The summed E-state index contributed by atoms with van der Waals surface area (Å²) in [6, 6.07) is 11.3. The fraction of sp³-hybridized carbons (Fsp3) is 0.455. The Bertz CT molecular complexity index is 772. The Hall–Kier alpha value is -2.31. The van der Waals surface area contributed by atoms with Gasteiger partial charge in [-0.25, -0.2) is 4.39 Å². The van der Waals surface area contributed by atoms with Crippen LogP contribution < -0.4 is 5.32 Å². The molecule has 1 unspecified atom stereocenters. The Morgan fingerprint density at radius 2 is 1.93 bits per heavy atom. The van der Waals surface area contributed by atoms with E-state index in [1.807, 2.05) is 32.0 Å². The van der Waals surface area contributed by atoms with Crippen molar-refractivity contribution in [2.75, 3.05) is 19.7 Å². The number of nitrogens with zero attached hydrogens (tertiary/aromatic N) is 2. The average molecular weight is 385 g/mol. The molecule has 1 aromatic heterocycles. The summed E-state index contributed by atoms with van der Waals surface area (Å²) in [5.41, 5.74) is 1.25. The van der Waals surface area contributed by atoms with E-state index in [0.29, 0.717) is 0 Å². The summed E-state index contributed by atoms with van der Waals surface area (Å²) in [7, 11) is 0. The Morgan fingerprint density at radius 1 is 1.25 bits per heavy atom. The van der Waals surface area contributed by atoms with Gasteiger partial charge >= 0.3 is 0 Å². The minimum Gasteiger partial charge on any atom is -0.394 e. The fourth-order valence-electron chi connectivity index (χ4n) is 3.64. The zero-order valence-corrected chi connectivity index (χ0v) is 16.4. The van der Waals surface area contributed by atoms with Gasteiger partial charge in [-0.15, -0.1) is 0 Å². The monoisotopic (exact) mass is 385 g/mol. The number of likely N-dealkylation sites (tertiary alicyclic amines) is 1. The molecule has 2 heterocycles. The van der Waals surface area contributed by atoms with Gasteiger partial charge in [0.1, 0.15) is 5.82 Å². The zero-order chi connectivity index (χ0) is 20.1. The molecule has 1 saturated heterocycles. The van der Waals surface area contributed by atoms with E-state index >= 15 is 0 Å². The molecule has 1 aliphatic heterocycles. The van der Waals surface area contributed by atoms with Crippen LogP contribution in [0.15, 0.2) is 48.7 Å². The van der Waals surface area contributed by atoms with Crippen LogP contribution in [0, 0.1) is 11.7 Å². The number of benzene rings is 1. The van der Waals surface area contributed by atoms with Crippen molar-refractivity contribution in [2.45, 2.75) is 38.3 Å². The van der Waals surface area contributed by atoms with E-state index < -0.39 is 6.04 Å². The molecule has 150 valence electrons. The summed E-state index contributed by atoms with van der Waals surface area (Å²) in [4.78, 5) is 19.6. The quantitative estimate of drug-likeness (QED) is 0.803. The summed E-state index contributed by atoms with van der Waals surface area (Å²) >= 11 is 0. The number of amides is 1. The molecule has 28 heavy (non-hydrogen) atoms. The Labute approximate surface area is 165 Å². The number of aliphatic hydroxyl groups is 1. The van der Waals surface area contributed by atoms with Gasteiger partial charge in [0.15, 0.2) is 0 Å². The summed E-state index contributed by atoms with van der Waals surface area (Å²) < 4.78 is 13.3. The number of hydrogen-bond donors (Lipinski definition) is 2. The lowest BCUT2D eigenvalue weighted by Crippen LogP contribution is -2.52. The summed E-state index contributed by atoms with van der Waals surface area (Å²) in [5, 5.41) is 12.7. The predicted octanol–water partition coefficient (Wildman–Crippen LogP) is 2.91. The standard InChI is InChI=1S/C22H28FN3O2/c1-22(2,15-27)26-13-10-17(11-14-26)21(28)25-20(19-5-3-4-12-24-19)16-6-8-18(23)9-7-16/h3-9,12,17,20,27H,10-11,13-15H2,1-2H3,(H,25,28). The molecule has 2 aromatic rings. The molecule has 0 bridgehead atoms. The second-order valence-electron chi connectivity index (χ2n) is 7.98. The van der Waals surface area contributed by atoms with Crippen LogP contribution in [-0.4, -0.2) is 46.1 Å². The molecular weight excluding hydrogens is 357 g/mol. The molecule has 1 fully saturated rings. The molecular formula is C22H28FN3O2. The van der Waals surface area contributed by atoms with Gasteiger partial charge in [-0.2, -0.15) is 0 Å². The van der Waals surface area contributed by atoms with Gasteiger partial charge in [0.05, 0.1) is 18.3 Å². The molecule has 5 nitrogen and oxygen atoms in total. The first-order valence-corrected chi connectivity index (χ1v) is 9.73. The highest BCUT2D eigenvalue weighted by Gasteiger charge is 2.33. The zero-order valence-electron chi connectivity index (χ0n) is 16.4. The summed E-state index contributed by atoms with van der Waals surface area (Å²) in [6.07, 6.45) is 3.18. The molecule has 1 aromatic carbocycles. The molecule has 1 aliphatic rings. The third-order valence-corrected chi connectivity index (χ3v) is 5.58. The third-order valence-electron chi connectivity index (χ3n) is 5.58. The molecule has 2 N–H and O–H groups in total. The Balaban J connectivity index is 1.71. The Morgan fingerprint density at radius 3 is 2.50 bits per heavy atom. The van der Waals surface area contributed by atoms with Gasteiger partial charge in [0, 0.05) is 17.7 Å². The first-order valence-electron chi connectivity index (χ1n) is 9.73. The lowest BCUT2D eigenvalue weighted by Gasteiger charge is -2.41. The van der Waals surface area contributed by atoms with Crippen LogP contribution in [0.3, 0.4) is 0 Å². The molecule has 0 saturated carbocycles. The normalized spacial score (nSPS) is 17.3. The highest BCUT2D eigenvalue weighted by molar-refractivity contribution is 5.79. The second-order valence-corrected chi connectivity index (χ2v) is 7.98. The Kier molecular flexibility index (Phi) is 6.42. The van der Waals surface area contributed by atoms with E-state index in [9.17, 15) is 14.3 Å². The summed E-state index contributed by atoms with van der Waals surface area (Å²) in [5.74, 6) is -0.410. The van der Waals surface area contributed by atoms with Crippen LogP contribution >= 0.6 is 0 Å². The second kappa shape index (κ2) is 8.80. The highest BCUT2D eigenvalue weighted by Crippen LogP contribution is 2.26. The molecule has 0 spiro atoms. The van der Waals surface area contributed by atoms with Crippen LogP contribution in [0.4, 0.5) is 4.39 Å². The minimum atomic E-state index is -0.416. The van der Waals surface area contributed by atoms with Crippen molar-refractivity contribution in [3.63, 3.8) is 0 Å². The lowest BCUT2D eigenvalue weighted by molar-refractivity contribution is -0.127. The van der Waals surface area contributed by atoms with Crippen molar-refractivity contribution in [1.82, 2.24) is 15.2 Å². The van der Waals surface area contributed by atoms with Crippen LogP contribution in [0.1, 0.15) is 44.0 Å².